The molecular weight excluding hydrogens is 789 g/mol. The zero-order chi connectivity index (χ0) is 41.0. The van der Waals surface area contributed by atoms with Gasteiger partial charge in [-0.2, -0.15) is 0 Å². The van der Waals surface area contributed by atoms with Crippen LogP contribution in [0.5, 0.6) is 0 Å². The van der Waals surface area contributed by atoms with E-state index in [1.165, 1.54) is 12.8 Å². The third-order valence-electron chi connectivity index (χ3n) is 14.2. The first-order valence-corrected chi connectivity index (χ1v) is 23.6. The summed E-state index contributed by atoms with van der Waals surface area (Å²) in [5.74, 6) is 5.50. The maximum Gasteiger partial charge on any atom is 0.599 e. The van der Waals surface area contributed by atoms with Gasteiger partial charge in [0, 0.05) is 50.4 Å². The molecule has 12 rings (SSSR count). The Balaban J connectivity index is 1.21. The monoisotopic (exact) mass is 836 g/mol. The molecule has 9 aliphatic rings. The van der Waals surface area contributed by atoms with E-state index in [4.69, 9.17) is 63.7 Å². The van der Waals surface area contributed by atoms with Gasteiger partial charge in [0.1, 0.15) is 51.4 Å². The molecule has 0 amide bonds. The van der Waals surface area contributed by atoms with Gasteiger partial charge in [-0.3, -0.25) is 23.8 Å². The minimum absolute atomic E-state index is 0.262. The van der Waals surface area contributed by atoms with E-state index in [-0.39, 0.29) is 11.8 Å². The van der Waals surface area contributed by atoms with Crippen molar-refractivity contribution in [2.24, 2.45) is 70.5 Å². The van der Waals surface area contributed by atoms with Gasteiger partial charge in [-0.15, -0.1) is 0 Å². The summed E-state index contributed by atoms with van der Waals surface area (Å²) >= 11 is 0. The first kappa shape index (κ1) is 37.0. The number of fused-ring (bicyclic) bond motifs is 12. The van der Waals surface area contributed by atoms with Gasteiger partial charge in [0.2, 0.25) is 0 Å². The molecule has 3 aromatic heterocycles. The summed E-state index contributed by atoms with van der Waals surface area (Å²) < 4.78 is 20.1. The molecule has 5 unspecified atom stereocenters. The number of aliphatic imine (C=N–C) groups is 7. The Morgan fingerprint density at radius 3 is 1.85 bits per heavy atom. The topological polar surface area (TPSA) is 201 Å². The molecule has 5 atom stereocenters. The van der Waals surface area contributed by atoms with Gasteiger partial charge in [0.25, 0.3) is 0 Å². The van der Waals surface area contributed by atoms with Crippen LogP contribution in [0, 0.1) is 35.5 Å². The first-order chi connectivity index (χ1) is 29.9. The second kappa shape index (κ2) is 14.1. The molecule has 19 heteroatoms. The molecule has 0 saturated heterocycles. The van der Waals surface area contributed by atoms with Gasteiger partial charge in [-0.1, -0.05) is 66.2 Å². The van der Waals surface area contributed by atoms with Gasteiger partial charge >= 0.3 is 8.88 Å². The molecule has 312 valence electrons. The van der Waals surface area contributed by atoms with Crippen LogP contribution in [0.15, 0.2) is 82.5 Å². The van der Waals surface area contributed by atoms with E-state index in [9.17, 15) is 0 Å². The normalized spacial score (nSPS) is 31.8. The number of rotatable bonds is 6. The highest BCUT2D eigenvalue weighted by atomic mass is 28.4. The fourth-order valence-electron chi connectivity index (χ4n) is 10.8. The van der Waals surface area contributed by atoms with Crippen molar-refractivity contribution in [1.82, 2.24) is 44.7 Å². The van der Waals surface area contributed by atoms with Crippen molar-refractivity contribution in [2.45, 2.75) is 72.4 Å². The average molecular weight is 837 g/mol. The van der Waals surface area contributed by atoms with Crippen LogP contribution in [0.2, 0.25) is 0 Å². The lowest BCUT2D eigenvalue weighted by atomic mass is 9.74. The molecule has 61 heavy (non-hydrogen) atoms. The minimum Gasteiger partial charge on any atom is -0.375 e. The third-order valence-corrected chi connectivity index (χ3v) is 17.3. The molecule has 2 aliphatic carbocycles. The lowest BCUT2D eigenvalue weighted by Crippen LogP contribution is -2.68. The van der Waals surface area contributed by atoms with Crippen LogP contribution < -0.4 is 16.0 Å². The summed E-state index contributed by atoms with van der Waals surface area (Å²) in [6, 6.07) is 0. The molecule has 0 radical (unpaired) electrons. The molecular formula is C42H48N16O2Si. The van der Waals surface area contributed by atoms with E-state index >= 15 is 0 Å². The lowest BCUT2D eigenvalue weighted by molar-refractivity contribution is 0.0262. The molecule has 0 aromatic carbocycles. The number of amidine groups is 5. The van der Waals surface area contributed by atoms with Crippen molar-refractivity contribution in [3.05, 3.63) is 59.0 Å². The second-order valence-corrected chi connectivity index (χ2v) is 20.4. The van der Waals surface area contributed by atoms with Crippen LogP contribution in [0.1, 0.15) is 83.8 Å². The Morgan fingerprint density at radius 2 is 1.20 bits per heavy atom. The quantitative estimate of drug-likeness (QED) is 0.292. The number of hydrogen-bond donors (Lipinski definition) is 3. The average Bonchev–Trinajstić information content (AvgIpc) is 3.99. The van der Waals surface area contributed by atoms with Crippen LogP contribution in [-0.2, 0) is 8.85 Å². The summed E-state index contributed by atoms with van der Waals surface area (Å²) in [6.45, 7) is 11.3. The summed E-state index contributed by atoms with van der Waals surface area (Å²) in [6.07, 6.45) is 16.7. The van der Waals surface area contributed by atoms with Crippen LogP contribution in [-0.4, -0.2) is 106 Å². The van der Waals surface area contributed by atoms with Gasteiger partial charge < -0.3 is 24.8 Å². The summed E-state index contributed by atoms with van der Waals surface area (Å²) in [5.41, 5.74) is 4.89. The number of nitrogens with zero attached hydrogens (tertiary/aromatic N) is 13. The van der Waals surface area contributed by atoms with Gasteiger partial charge in [-0.25, -0.2) is 39.9 Å². The zero-order valence-electron chi connectivity index (χ0n) is 34.7. The molecule has 18 nitrogen and oxygen atoms in total. The second-order valence-electron chi connectivity index (χ2n) is 17.7. The fraction of sp³-hybridized carbons (Fsp3) is 0.500. The molecule has 7 aliphatic heterocycles. The number of hydrogen-bond acceptors (Lipinski definition) is 17. The van der Waals surface area contributed by atoms with Crippen molar-refractivity contribution in [3.8, 4) is 0 Å². The minimum atomic E-state index is -4.31. The Hall–Kier alpha value is -5.79. The molecule has 10 heterocycles. The Morgan fingerprint density at radius 1 is 0.639 bits per heavy atom. The summed E-state index contributed by atoms with van der Waals surface area (Å²) in [4.78, 5) is 56.4. The van der Waals surface area contributed by atoms with Crippen LogP contribution in [0.4, 0.5) is 11.6 Å². The summed E-state index contributed by atoms with van der Waals surface area (Å²) in [7, 11) is -4.31. The highest BCUT2D eigenvalue weighted by Crippen LogP contribution is 2.48. The predicted molar refractivity (Wildman–Crippen MR) is 234 cm³/mol. The standard InChI is InChI=1S/C42H48N16O2Si/c1-21-7-5-8-22(2)25(21)19-59-61(60-20-26-23(3)9-6-10-24(26)4)57-39-31-32(48-16-15-47-31)41(57)55-37-29-30(46-14-13-45-29)38(52-37)56-42-34-33(49-17-18-50-34)40(58(42)61)54-36-28-27(35(51-36)53-39)43-11-12-44-28/h11,14-18,21-26,40,44-45H,5-10,12-13,19-20H2,1-4H3,(H,51,53,54). The zero-order valence-corrected chi connectivity index (χ0v) is 35.7. The van der Waals surface area contributed by atoms with Crippen molar-refractivity contribution in [1.29, 1.82) is 0 Å². The van der Waals surface area contributed by atoms with Crippen LogP contribution in [0.25, 0.3) is 11.0 Å². The van der Waals surface area contributed by atoms with Crippen LogP contribution >= 0.6 is 0 Å². The fourth-order valence-corrected chi connectivity index (χ4v) is 14.3. The highest BCUT2D eigenvalue weighted by molar-refractivity contribution is 6.68. The van der Waals surface area contributed by atoms with E-state index in [2.05, 4.69) is 52.4 Å². The van der Waals surface area contributed by atoms with Crippen molar-refractivity contribution >= 4 is 73.2 Å². The van der Waals surface area contributed by atoms with E-state index in [0.29, 0.717) is 130 Å². The molecule has 3 N–H and O–H groups in total. The van der Waals surface area contributed by atoms with Gasteiger partial charge in [0.15, 0.2) is 40.8 Å². The molecule has 2 fully saturated rings. The molecule has 3 aromatic rings. The van der Waals surface area contributed by atoms with E-state index in [0.717, 1.165) is 31.4 Å². The first-order valence-electron chi connectivity index (χ1n) is 21.8. The highest BCUT2D eigenvalue weighted by Gasteiger charge is 2.63. The van der Waals surface area contributed by atoms with E-state index < -0.39 is 15.0 Å². The predicted octanol–water partition coefficient (Wildman–Crippen LogP) is 4.72. The molecule has 0 spiro atoms. The van der Waals surface area contributed by atoms with Gasteiger partial charge in [-0.05, 0) is 35.5 Å². The maximum absolute atomic E-state index is 7.95. The maximum atomic E-state index is 7.95. The Kier molecular flexibility index (Phi) is 8.57. The van der Waals surface area contributed by atoms with E-state index in [1.54, 1.807) is 24.8 Å². The Labute approximate surface area is 353 Å². The third kappa shape index (κ3) is 5.62. The molecule has 6 bridgehead atoms. The summed E-state index contributed by atoms with van der Waals surface area (Å²) in [5, 5.41) is 10.8. The SMILES string of the molecule is CC1CCCC(C)C1CO[Si]1(OCC2C(C)CCCC2C)N2C3=NC4=NC(=Nc5c6nccnc6c(n51)N=C1N=C(NC2c2nccnc23)C2=C1N=CCN2)C1=C4N=CCN1. The van der Waals surface area contributed by atoms with Crippen LogP contribution in [0.3, 0.4) is 0 Å². The number of aromatic nitrogens is 5. The number of nitrogens with one attached hydrogen (secondary N) is 3. The largest absolute Gasteiger partial charge is 0.599 e. The Bertz CT molecular complexity index is 2620. The van der Waals surface area contributed by atoms with Gasteiger partial charge in [0.05, 0.1) is 13.1 Å². The molecule has 2 saturated carbocycles. The smallest absolute Gasteiger partial charge is 0.375 e. The van der Waals surface area contributed by atoms with E-state index in [1.807, 2.05) is 12.4 Å². The van der Waals surface area contributed by atoms with Crippen molar-refractivity contribution < 1.29 is 8.85 Å². The van der Waals surface area contributed by atoms with Crippen molar-refractivity contribution in [2.75, 3.05) is 26.3 Å². The lowest BCUT2D eigenvalue weighted by Gasteiger charge is -2.45. The van der Waals surface area contributed by atoms with Crippen molar-refractivity contribution in [3.63, 3.8) is 0 Å².